The van der Waals surface area contributed by atoms with E-state index < -0.39 is 0 Å². The van der Waals surface area contributed by atoms with Crippen molar-refractivity contribution in [2.75, 3.05) is 7.11 Å². The summed E-state index contributed by atoms with van der Waals surface area (Å²) in [4.78, 5) is 11.6. The van der Waals surface area contributed by atoms with Crippen LogP contribution in [0.5, 0.6) is 0 Å². The third-order valence-electron chi connectivity index (χ3n) is 2.21. The van der Waals surface area contributed by atoms with Crippen LogP contribution in [0.15, 0.2) is 28.7 Å². The van der Waals surface area contributed by atoms with E-state index in [0.29, 0.717) is 5.69 Å². The van der Waals surface area contributed by atoms with E-state index in [1.165, 1.54) is 16.2 Å². The largest absolute Gasteiger partial charge is 0.464 e. The van der Waals surface area contributed by atoms with Gasteiger partial charge >= 0.3 is 5.97 Å². The van der Waals surface area contributed by atoms with E-state index in [1.807, 2.05) is 28.2 Å². The summed E-state index contributed by atoms with van der Waals surface area (Å²) in [5, 5.41) is 1.01. The Balaban J connectivity index is 2.76. The highest BCUT2D eigenvalue weighted by Crippen LogP contribution is 2.32. The number of hydrogen-bond donors (Lipinski definition) is 0. The maximum Gasteiger partial charge on any atom is 0.355 e. The SMILES string of the molecule is COC(=O)c1cc2c(Br)cccc2n1SI. The minimum Gasteiger partial charge on any atom is -0.464 e. The molecule has 0 aliphatic heterocycles. The number of carbonyl (C=O) groups excluding carboxylic acids is 1. The maximum atomic E-state index is 11.6. The summed E-state index contributed by atoms with van der Waals surface area (Å²) < 4.78 is 7.58. The van der Waals surface area contributed by atoms with Gasteiger partial charge in [-0.3, -0.25) is 3.97 Å². The molecule has 1 aromatic heterocycles. The highest BCUT2D eigenvalue weighted by Gasteiger charge is 2.17. The molecular weight excluding hydrogens is 405 g/mol. The van der Waals surface area contributed by atoms with E-state index in [9.17, 15) is 4.79 Å². The highest BCUT2D eigenvalue weighted by atomic mass is 127. The first-order valence-electron chi connectivity index (χ1n) is 4.36. The van der Waals surface area contributed by atoms with Crippen LogP contribution in [0, 0.1) is 0 Å². The summed E-state index contributed by atoms with van der Waals surface area (Å²) in [5.74, 6) is -0.327. The number of rotatable bonds is 2. The summed E-state index contributed by atoms with van der Waals surface area (Å²) >= 11 is 5.61. The Labute approximate surface area is 117 Å². The van der Waals surface area contributed by atoms with Gasteiger partial charge in [-0.25, -0.2) is 4.79 Å². The van der Waals surface area contributed by atoms with Crippen molar-refractivity contribution in [3.63, 3.8) is 0 Å². The van der Waals surface area contributed by atoms with Crippen LogP contribution in [0.25, 0.3) is 10.9 Å². The molecule has 0 fully saturated rings. The number of carbonyl (C=O) groups is 1. The van der Waals surface area contributed by atoms with E-state index in [-0.39, 0.29) is 5.97 Å². The van der Waals surface area contributed by atoms with Crippen molar-refractivity contribution in [1.29, 1.82) is 0 Å². The van der Waals surface area contributed by atoms with Crippen LogP contribution in [0.4, 0.5) is 0 Å². The molecule has 1 heterocycles. The fourth-order valence-corrected chi connectivity index (χ4v) is 3.67. The second-order valence-corrected chi connectivity index (χ2v) is 5.60. The molecule has 3 nitrogen and oxygen atoms in total. The number of nitrogens with zero attached hydrogens (tertiary/aromatic N) is 1. The lowest BCUT2D eigenvalue weighted by Crippen LogP contribution is -2.05. The van der Waals surface area contributed by atoms with Crippen molar-refractivity contribution in [3.05, 3.63) is 34.4 Å². The zero-order valence-corrected chi connectivity index (χ0v) is 12.8. The summed E-state index contributed by atoms with van der Waals surface area (Å²) in [6.45, 7) is 0. The number of hydrogen-bond acceptors (Lipinski definition) is 3. The summed E-state index contributed by atoms with van der Waals surface area (Å²) in [6.07, 6.45) is 0. The van der Waals surface area contributed by atoms with Gasteiger partial charge < -0.3 is 4.74 Å². The molecule has 0 unspecified atom stereocenters. The zero-order chi connectivity index (χ0) is 11.7. The zero-order valence-electron chi connectivity index (χ0n) is 8.24. The first-order valence-corrected chi connectivity index (χ1v) is 8.47. The molecule has 0 saturated heterocycles. The Morgan fingerprint density at radius 1 is 1.56 bits per heavy atom. The van der Waals surface area contributed by atoms with Crippen LogP contribution in [0.2, 0.25) is 0 Å². The van der Waals surface area contributed by atoms with E-state index in [0.717, 1.165) is 15.4 Å². The van der Waals surface area contributed by atoms with Crippen LogP contribution < -0.4 is 0 Å². The molecular formula is C10H7BrINO2S. The fourth-order valence-electron chi connectivity index (χ4n) is 1.49. The molecule has 0 saturated carbocycles. The molecule has 0 aliphatic carbocycles. The number of methoxy groups -OCH3 is 1. The van der Waals surface area contributed by atoms with Gasteiger partial charge in [0.25, 0.3) is 0 Å². The minimum absolute atomic E-state index is 0.327. The third-order valence-corrected chi connectivity index (χ3v) is 4.62. The van der Waals surface area contributed by atoms with Gasteiger partial charge in [0.2, 0.25) is 0 Å². The van der Waals surface area contributed by atoms with E-state index >= 15 is 0 Å². The molecule has 84 valence electrons. The number of benzene rings is 1. The quantitative estimate of drug-likeness (QED) is 0.552. The van der Waals surface area contributed by atoms with Crippen LogP contribution in [-0.4, -0.2) is 17.1 Å². The lowest BCUT2D eigenvalue weighted by atomic mass is 10.2. The predicted molar refractivity (Wildman–Crippen MR) is 78.0 cm³/mol. The molecule has 0 radical (unpaired) electrons. The van der Waals surface area contributed by atoms with E-state index in [1.54, 1.807) is 0 Å². The minimum atomic E-state index is -0.327. The second-order valence-electron chi connectivity index (χ2n) is 3.06. The first-order chi connectivity index (χ1) is 7.69. The fraction of sp³-hybridized carbons (Fsp3) is 0.100. The summed E-state index contributed by atoms with van der Waals surface area (Å²) in [6, 6.07) is 7.69. The van der Waals surface area contributed by atoms with Crippen LogP contribution in [0.3, 0.4) is 0 Å². The molecule has 2 rings (SSSR count). The van der Waals surface area contributed by atoms with Gasteiger partial charge in [-0.05, 0) is 18.2 Å². The smallest absolute Gasteiger partial charge is 0.355 e. The van der Waals surface area contributed by atoms with Crippen LogP contribution >= 0.6 is 46.3 Å². The van der Waals surface area contributed by atoms with Gasteiger partial charge in [0, 0.05) is 40.2 Å². The molecule has 0 N–H and O–H groups in total. The van der Waals surface area contributed by atoms with Gasteiger partial charge in [-0.15, -0.1) is 0 Å². The molecule has 0 spiro atoms. The number of halogens is 2. The Bertz CT molecular complexity index is 555. The number of esters is 1. The third kappa shape index (κ3) is 1.98. The molecule has 0 aliphatic rings. The Hall–Kier alpha value is -0.210. The average Bonchev–Trinajstić information content (AvgIpc) is 2.68. The van der Waals surface area contributed by atoms with Gasteiger partial charge in [-0.1, -0.05) is 22.0 Å². The lowest BCUT2D eigenvalue weighted by molar-refractivity contribution is 0.0594. The number of fused-ring (bicyclic) bond motifs is 1. The number of aromatic nitrogens is 1. The normalized spacial score (nSPS) is 10.7. The Morgan fingerprint density at radius 2 is 2.31 bits per heavy atom. The highest BCUT2D eigenvalue weighted by molar-refractivity contribution is 14.2. The summed E-state index contributed by atoms with van der Waals surface area (Å²) in [7, 11) is 2.84. The predicted octanol–water partition coefficient (Wildman–Crippen LogP) is 4.04. The van der Waals surface area contributed by atoms with Crippen molar-refractivity contribution in [3.8, 4) is 0 Å². The van der Waals surface area contributed by atoms with E-state index in [4.69, 9.17) is 4.74 Å². The van der Waals surface area contributed by atoms with Crippen molar-refractivity contribution >= 4 is 63.1 Å². The van der Waals surface area contributed by atoms with E-state index in [2.05, 4.69) is 37.1 Å². The Morgan fingerprint density at radius 3 is 2.94 bits per heavy atom. The monoisotopic (exact) mass is 411 g/mol. The van der Waals surface area contributed by atoms with Gasteiger partial charge in [0.05, 0.1) is 12.6 Å². The average molecular weight is 412 g/mol. The van der Waals surface area contributed by atoms with Gasteiger partial charge in [-0.2, -0.15) is 0 Å². The molecule has 0 atom stereocenters. The molecule has 0 amide bonds. The maximum absolute atomic E-state index is 11.6. The van der Waals surface area contributed by atoms with Crippen molar-refractivity contribution in [2.45, 2.75) is 0 Å². The molecule has 6 heteroatoms. The lowest BCUT2D eigenvalue weighted by Gasteiger charge is -2.03. The second kappa shape index (κ2) is 4.97. The van der Waals surface area contributed by atoms with Crippen LogP contribution in [-0.2, 0) is 4.74 Å². The standard InChI is InChI=1S/C10H7BrINO2S/c1-15-10(14)9-5-6-7(11)3-2-4-8(6)13(9)16-12/h2-5H,1H3. The van der Waals surface area contributed by atoms with Crippen molar-refractivity contribution in [1.82, 2.24) is 3.97 Å². The van der Waals surface area contributed by atoms with Crippen molar-refractivity contribution in [2.24, 2.45) is 0 Å². The molecule has 0 bridgehead atoms. The van der Waals surface area contributed by atoms with Gasteiger partial charge in [0.15, 0.2) is 0 Å². The molecule has 16 heavy (non-hydrogen) atoms. The molecule has 1 aromatic carbocycles. The first kappa shape index (κ1) is 12.3. The van der Waals surface area contributed by atoms with Crippen molar-refractivity contribution < 1.29 is 9.53 Å². The summed E-state index contributed by atoms with van der Waals surface area (Å²) in [5.41, 5.74) is 1.54. The van der Waals surface area contributed by atoms with Crippen LogP contribution in [0.1, 0.15) is 10.5 Å². The topological polar surface area (TPSA) is 31.2 Å². The molecule has 2 aromatic rings. The number of ether oxygens (including phenoxy) is 1. The van der Waals surface area contributed by atoms with Gasteiger partial charge in [0.1, 0.15) is 5.69 Å². The Kier molecular flexibility index (Phi) is 3.81.